The molecule has 8 N–H and O–H groups in total. The van der Waals surface area contributed by atoms with E-state index >= 15 is 0 Å². The van der Waals surface area contributed by atoms with Crippen LogP contribution in [0.1, 0.15) is 12.8 Å². The van der Waals surface area contributed by atoms with Gasteiger partial charge < -0.3 is 0 Å². The summed E-state index contributed by atoms with van der Waals surface area (Å²) in [4.78, 5) is 0. The van der Waals surface area contributed by atoms with Crippen LogP contribution in [0.15, 0.2) is 0 Å². The van der Waals surface area contributed by atoms with Gasteiger partial charge in [0.15, 0.2) is 0 Å². The van der Waals surface area contributed by atoms with Crippen molar-refractivity contribution in [3.63, 3.8) is 0 Å². The Kier molecular flexibility index (Phi) is 12.3. The first-order valence-corrected chi connectivity index (χ1v) is 7.35. The zero-order valence-corrected chi connectivity index (χ0v) is 11.4. The second kappa shape index (κ2) is 11.9. The van der Waals surface area contributed by atoms with Gasteiger partial charge in [-0.05, 0) is 0 Å². The summed E-state index contributed by atoms with van der Waals surface area (Å²) in [6, 6.07) is 0. The van der Waals surface area contributed by atoms with Gasteiger partial charge in [0, 0.05) is 0 Å². The normalized spacial score (nSPS) is 15.2. The van der Waals surface area contributed by atoms with Gasteiger partial charge in [0.1, 0.15) is 0 Å². The summed E-state index contributed by atoms with van der Waals surface area (Å²) in [6.45, 7) is 1.60. The molecule has 16 heavy (non-hydrogen) atoms. The van der Waals surface area contributed by atoms with Crippen LogP contribution in [-0.4, -0.2) is 45.4 Å². The molecule has 8 heteroatoms. The predicted octanol–water partition coefficient (Wildman–Crippen LogP) is -5.56. The summed E-state index contributed by atoms with van der Waals surface area (Å²) in [6.07, 6.45) is 0.963. The molecular formula is C8H22IN4O3-. The van der Waals surface area contributed by atoms with Crippen LogP contribution in [-0.2, 0) is 4.74 Å². The van der Waals surface area contributed by atoms with Gasteiger partial charge in [-0.15, -0.1) is 0 Å². The molecule has 0 bridgehead atoms. The van der Waals surface area contributed by atoms with Crippen molar-refractivity contribution in [3.05, 3.63) is 0 Å². The van der Waals surface area contributed by atoms with E-state index in [9.17, 15) is 5.11 Å². The molecule has 0 fully saturated rings. The molecule has 0 heterocycles. The van der Waals surface area contributed by atoms with Crippen molar-refractivity contribution in [1.82, 2.24) is 10.6 Å². The number of aliphatic hydroxyl groups is 1. The summed E-state index contributed by atoms with van der Waals surface area (Å²) in [7, 11) is 0. The Balaban J connectivity index is 3.40. The Morgan fingerprint density at radius 1 is 1.38 bits per heavy atom. The molecular weight excluding hydrogens is 327 g/mol. The molecule has 0 amide bonds. The predicted molar refractivity (Wildman–Crippen MR) is 56.4 cm³/mol. The fourth-order valence-electron chi connectivity index (χ4n) is 1.05. The molecule has 7 nitrogen and oxygen atoms in total. The van der Waals surface area contributed by atoms with E-state index in [-0.39, 0.29) is 17.3 Å². The molecule has 0 aromatic heterocycles. The molecule has 0 radical (unpaired) electrons. The Labute approximate surface area is 107 Å². The van der Waals surface area contributed by atoms with Crippen molar-refractivity contribution < 1.29 is 34.9 Å². The van der Waals surface area contributed by atoms with Crippen molar-refractivity contribution in [1.29, 1.82) is 0 Å². The minimum absolute atomic E-state index is 0.0189. The molecule has 1 unspecified atom stereocenters. The van der Waals surface area contributed by atoms with Crippen molar-refractivity contribution in [2.24, 2.45) is 11.5 Å². The molecule has 0 aliphatic rings. The summed E-state index contributed by atoms with van der Waals surface area (Å²) >= 11 is -0.933. The van der Waals surface area contributed by atoms with E-state index in [4.69, 9.17) is 19.6 Å². The van der Waals surface area contributed by atoms with Crippen LogP contribution in [0.5, 0.6) is 0 Å². The van der Waals surface area contributed by atoms with E-state index in [1.807, 2.05) is 0 Å². The Bertz CT molecular complexity index is 155. The van der Waals surface area contributed by atoms with E-state index in [1.165, 1.54) is 0 Å². The van der Waals surface area contributed by atoms with Crippen LogP contribution in [0, 0.1) is 0 Å². The van der Waals surface area contributed by atoms with Crippen molar-refractivity contribution in [2.75, 3.05) is 26.6 Å². The Morgan fingerprint density at radius 2 is 2.12 bits per heavy atom. The number of nitrogens with two attached hydrogens (primary N) is 2. The summed E-state index contributed by atoms with van der Waals surface area (Å²) in [5, 5.41) is 15.2. The van der Waals surface area contributed by atoms with Gasteiger partial charge in [-0.25, -0.2) is 0 Å². The van der Waals surface area contributed by atoms with Crippen LogP contribution in [0.4, 0.5) is 0 Å². The van der Waals surface area contributed by atoms with Gasteiger partial charge >= 0.3 is 107 Å². The number of alkyl halides is 1. The summed E-state index contributed by atoms with van der Waals surface area (Å²) in [5.74, 6) is 0. The number of aliphatic hydroxyl groups excluding tert-OH is 1. The third-order valence-corrected chi connectivity index (χ3v) is 3.50. The summed E-state index contributed by atoms with van der Waals surface area (Å²) in [5.41, 5.74) is 10.4. The second-order valence-electron chi connectivity index (χ2n) is 3.14. The molecule has 0 saturated heterocycles. The molecule has 0 rings (SSSR count). The van der Waals surface area contributed by atoms with Crippen molar-refractivity contribution in [2.45, 2.75) is 23.1 Å². The zero-order valence-electron chi connectivity index (χ0n) is 9.23. The fourth-order valence-corrected chi connectivity index (χ4v) is 2.34. The quantitative estimate of drug-likeness (QED) is 0.0722. The molecule has 0 saturated carbocycles. The van der Waals surface area contributed by atoms with E-state index in [2.05, 4.69) is 10.6 Å². The number of hydrogen-bond acceptors (Lipinski definition) is 7. The van der Waals surface area contributed by atoms with Gasteiger partial charge in [-0.2, -0.15) is 0 Å². The first kappa shape index (κ1) is 16.4. The maximum atomic E-state index is 9.25. The van der Waals surface area contributed by atoms with Gasteiger partial charge in [-0.1, -0.05) is 0 Å². The van der Waals surface area contributed by atoms with E-state index in [0.29, 0.717) is 6.73 Å². The van der Waals surface area contributed by atoms with Gasteiger partial charge in [-0.3, -0.25) is 0 Å². The van der Waals surface area contributed by atoms with Gasteiger partial charge in [0.2, 0.25) is 0 Å². The van der Waals surface area contributed by atoms with Crippen LogP contribution in [0.3, 0.4) is 0 Å². The first-order chi connectivity index (χ1) is 7.74. The van der Waals surface area contributed by atoms with Crippen LogP contribution < -0.4 is 43.7 Å². The van der Waals surface area contributed by atoms with E-state index < -0.39 is 27.8 Å². The van der Waals surface area contributed by atoms with Crippen LogP contribution in [0.25, 0.3) is 0 Å². The summed E-state index contributed by atoms with van der Waals surface area (Å²) < 4.78 is 14.0. The number of hydrogen-bond donors (Lipinski definition) is 6. The fraction of sp³-hybridized carbons (Fsp3) is 1.00. The standard InChI is InChI=1S/C8H22IN4O3/c10-4-8(14)13-7(9-15)2-1-3-12-6-16-5-11/h7-8,12-15H,1-6,10-11H2/q-1/t7-,8?/m0/s1. The molecule has 2 atom stereocenters. The monoisotopic (exact) mass is 349 g/mol. The second-order valence-corrected chi connectivity index (χ2v) is 5.20. The first-order valence-electron chi connectivity index (χ1n) is 5.14. The Hall–Kier alpha value is 0.450. The van der Waals surface area contributed by atoms with Gasteiger partial charge in [0.05, 0.1) is 0 Å². The number of nitrogens with one attached hydrogen (secondary N) is 2. The number of halogens is 1. The molecule has 0 spiro atoms. The minimum atomic E-state index is -0.933. The number of rotatable bonds is 11. The molecule has 0 aliphatic carbocycles. The third kappa shape index (κ3) is 9.66. The van der Waals surface area contributed by atoms with Crippen molar-refractivity contribution >= 4 is 0 Å². The SMILES string of the molecule is NCOCNCCC[C@H](NC(O)CN)[I-]O. The zero-order chi connectivity index (χ0) is 12.2. The van der Waals surface area contributed by atoms with E-state index in [1.54, 1.807) is 0 Å². The number of ether oxygens (including phenoxy) is 1. The van der Waals surface area contributed by atoms with E-state index in [0.717, 1.165) is 19.4 Å². The van der Waals surface area contributed by atoms with Gasteiger partial charge in [0.25, 0.3) is 0 Å². The molecule has 0 aromatic carbocycles. The van der Waals surface area contributed by atoms with Crippen LogP contribution in [0.2, 0.25) is 0 Å². The topological polar surface area (TPSA) is 126 Å². The third-order valence-electron chi connectivity index (χ3n) is 1.85. The Morgan fingerprint density at radius 3 is 2.69 bits per heavy atom. The average Bonchev–Trinajstić information content (AvgIpc) is 2.31. The molecule has 0 aliphatic heterocycles. The van der Waals surface area contributed by atoms with Crippen molar-refractivity contribution in [3.8, 4) is 0 Å². The average molecular weight is 349 g/mol. The van der Waals surface area contributed by atoms with Crippen LogP contribution >= 0.6 is 0 Å². The molecule has 100 valence electrons. The maximum absolute atomic E-state index is 9.25. The molecule has 0 aromatic rings.